The SMILES string of the molecule is CN(C)C(=O)NC(CCC(=O)O)c1ccccc1. The van der Waals surface area contributed by atoms with Gasteiger partial charge in [-0.2, -0.15) is 0 Å². The molecule has 0 bridgehead atoms. The predicted molar refractivity (Wildman–Crippen MR) is 68.3 cm³/mol. The van der Waals surface area contributed by atoms with E-state index in [1.165, 1.54) is 4.90 Å². The van der Waals surface area contributed by atoms with Gasteiger partial charge in [0.15, 0.2) is 0 Å². The number of amides is 2. The van der Waals surface area contributed by atoms with Crippen LogP contribution >= 0.6 is 0 Å². The molecule has 18 heavy (non-hydrogen) atoms. The largest absolute Gasteiger partial charge is 0.481 e. The summed E-state index contributed by atoms with van der Waals surface area (Å²) in [5.74, 6) is -0.866. The molecule has 2 N–H and O–H groups in total. The van der Waals surface area contributed by atoms with E-state index in [9.17, 15) is 9.59 Å². The van der Waals surface area contributed by atoms with E-state index in [2.05, 4.69) is 5.32 Å². The van der Waals surface area contributed by atoms with Gasteiger partial charge in [0.25, 0.3) is 0 Å². The topological polar surface area (TPSA) is 69.6 Å². The molecular formula is C13H18N2O3. The number of hydrogen-bond acceptors (Lipinski definition) is 2. The van der Waals surface area contributed by atoms with Crippen molar-refractivity contribution in [3.05, 3.63) is 35.9 Å². The lowest BCUT2D eigenvalue weighted by molar-refractivity contribution is -0.137. The monoisotopic (exact) mass is 250 g/mol. The molecule has 1 aromatic carbocycles. The van der Waals surface area contributed by atoms with Crippen LogP contribution in [0.4, 0.5) is 4.79 Å². The summed E-state index contributed by atoms with van der Waals surface area (Å²) < 4.78 is 0. The minimum atomic E-state index is -0.866. The van der Waals surface area contributed by atoms with Crippen molar-refractivity contribution in [2.45, 2.75) is 18.9 Å². The molecule has 0 spiro atoms. The summed E-state index contributed by atoms with van der Waals surface area (Å²) in [6.45, 7) is 0. The first-order valence-corrected chi connectivity index (χ1v) is 5.75. The van der Waals surface area contributed by atoms with Crippen LogP contribution in [-0.4, -0.2) is 36.1 Å². The molecule has 0 aromatic heterocycles. The van der Waals surface area contributed by atoms with E-state index in [0.29, 0.717) is 6.42 Å². The van der Waals surface area contributed by atoms with Gasteiger partial charge in [-0.05, 0) is 12.0 Å². The van der Waals surface area contributed by atoms with Gasteiger partial charge in [-0.15, -0.1) is 0 Å². The number of nitrogens with one attached hydrogen (secondary N) is 1. The average Bonchev–Trinajstić information content (AvgIpc) is 2.34. The molecule has 5 heteroatoms. The van der Waals surface area contributed by atoms with Gasteiger partial charge in [-0.25, -0.2) is 4.79 Å². The summed E-state index contributed by atoms with van der Waals surface area (Å²) in [6.07, 6.45) is 0.395. The molecule has 5 nitrogen and oxygen atoms in total. The lowest BCUT2D eigenvalue weighted by Crippen LogP contribution is -2.37. The molecule has 0 aliphatic carbocycles. The van der Waals surface area contributed by atoms with E-state index >= 15 is 0 Å². The fourth-order valence-corrected chi connectivity index (χ4v) is 1.55. The smallest absolute Gasteiger partial charge is 0.317 e. The number of rotatable bonds is 5. The zero-order valence-corrected chi connectivity index (χ0v) is 10.6. The predicted octanol–water partition coefficient (Wildman–Crippen LogP) is 1.86. The summed E-state index contributed by atoms with van der Waals surface area (Å²) in [5, 5.41) is 11.5. The van der Waals surface area contributed by atoms with E-state index in [-0.39, 0.29) is 18.5 Å². The van der Waals surface area contributed by atoms with Crippen LogP contribution < -0.4 is 5.32 Å². The highest BCUT2D eigenvalue weighted by atomic mass is 16.4. The number of benzene rings is 1. The second-order valence-electron chi connectivity index (χ2n) is 4.24. The number of nitrogens with zero attached hydrogens (tertiary/aromatic N) is 1. The lowest BCUT2D eigenvalue weighted by Gasteiger charge is -2.21. The summed E-state index contributed by atoms with van der Waals surface area (Å²) in [4.78, 5) is 23.7. The Morgan fingerprint density at radius 1 is 1.28 bits per heavy atom. The molecule has 1 unspecified atom stereocenters. The van der Waals surface area contributed by atoms with Crippen molar-refractivity contribution >= 4 is 12.0 Å². The number of carbonyl (C=O) groups excluding carboxylic acids is 1. The molecule has 1 atom stereocenters. The van der Waals surface area contributed by atoms with Gasteiger partial charge in [0.05, 0.1) is 6.04 Å². The van der Waals surface area contributed by atoms with Crippen molar-refractivity contribution in [3.8, 4) is 0 Å². The van der Waals surface area contributed by atoms with Crippen molar-refractivity contribution in [1.29, 1.82) is 0 Å². The number of carbonyl (C=O) groups is 2. The van der Waals surface area contributed by atoms with Crippen LogP contribution in [0.5, 0.6) is 0 Å². The third-order valence-corrected chi connectivity index (χ3v) is 2.55. The Balaban J connectivity index is 2.75. The fraction of sp³-hybridized carbons (Fsp3) is 0.385. The first-order valence-electron chi connectivity index (χ1n) is 5.75. The van der Waals surface area contributed by atoms with Crippen LogP contribution in [0.25, 0.3) is 0 Å². The first-order chi connectivity index (χ1) is 8.50. The molecule has 0 saturated carbocycles. The number of aliphatic carboxylic acids is 1. The van der Waals surface area contributed by atoms with Crippen LogP contribution in [-0.2, 0) is 4.79 Å². The van der Waals surface area contributed by atoms with Gasteiger partial charge in [-0.1, -0.05) is 30.3 Å². The Bertz CT molecular complexity index is 404. The third kappa shape index (κ3) is 4.45. The highest BCUT2D eigenvalue weighted by molar-refractivity contribution is 5.74. The standard InChI is InChI=1S/C13H18N2O3/c1-15(2)13(18)14-11(8-9-12(16)17)10-6-4-3-5-7-10/h3-7,11H,8-9H2,1-2H3,(H,14,18)(H,16,17). The first kappa shape index (κ1) is 14.0. The van der Waals surface area contributed by atoms with Crippen molar-refractivity contribution in [2.75, 3.05) is 14.1 Å². The maximum Gasteiger partial charge on any atom is 0.317 e. The third-order valence-electron chi connectivity index (χ3n) is 2.55. The lowest BCUT2D eigenvalue weighted by atomic mass is 10.0. The quantitative estimate of drug-likeness (QED) is 0.838. The Labute approximate surface area is 106 Å². The van der Waals surface area contributed by atoms with Crippen LogP contribution in [0.15, 0.2) is 30.3 Å². The summed E-state index contributed by atoms with van der Waals surface area (Å²) >= 11 is 0. The molecule has 0 aliphatic heterocycles. The van der Waals surface area contributed by atoms with E-state index in [1.54, 1.807) is 14.1 Å². The Kier molecular flexibility index (Phi) is 5.17. The van der Waals surface area contributed by atoms with Gasteiger partial charge in [-0.3, -0.25) is 4.79 Å². The number of urea groups is 1. The molecular weight excluding hydrogens is 232 g/mol. The molecule has 1 aromatic rings. The van der Waals surface area contributed by atoms with E-state index < -0.39 is 5.97 Å². The van der Waals surface area contributed by atoms with Crippen LogP contribution in [0.3, 0.4) is 0 Å². The normalized spacial score (nSPS) is 11.7. The maximum atomic E-state index is 11.6. The zero-order chi connectivity index (χ0) is 13.5. The van der Waals surface area contributed by atoms with Crippen LogP contribution in [0.1, 0.15) is 24.4 Å². The Hall–Kier alpha value is -2.04. The highest BCUT2D eigenvalue weighted by Gasteiger charge is 2.16. The van der Waals surface area contributed by atoms with Crippen molar-refractivity contribution in [3.63, 3.8) is 0 Å². The van der Waals surface area contributed by atoms with Gasteiger partial charge >= 0.3 is 12.0 Å². The summed E-state index contributed by atoms with van der Waals surface area (Å²) in [7, 11) is 3.29. The number of carboxylic acids is 1. The van der Waals surface area contributed by atoms with Crippen molar-refractivity contribution < 1.29 is 14.7 Å². The molecule has 0 radical (unpaired) electrons. The molecule has 2 amide bonds. The molecule has 98 valence electrons. The van der Waals surface area contributed by atoms with E-state index in [0.717, 1.165) is 5.56 Å². The zero-order valence-electron chi connectivity index (χ0n) is 10.6. The van der Waals surface area contributed by atoms with Gasteiger partial charge in [0, 0.05) is 20.5 Å². The van der Waals surface area contributed by atoms with E-state index in [1.807, 2.05) is 30.3 Å². The van der Waals surface area contributed by atoms with Gasteiger partial charge in [0.2, 0.25) is 0 Å². The second-order valence-corrected chi connectivity index (χ2v) is 4.24. The second kappa shape index (κ2) is 6.64. The van der Waals surface area contributed by atoms with Gasteiger partial charge < -0.3 is 15.3 Å². The average molecular weight is 250 g/mol. The molecule has 0 aliphatic rings. The van der Waals surface area contributed by atoms with Crippen molar-refractivity contribution in [1.82, 2.24) is 10.2 Å². The summed E-state index contributed by atoms with van der Waals surface area (Å²) in [6, 6.07) is 8.86. The molecule has 0 heterocycles. The van der Waals surface area contributed by atoms with Crippen LogP contribution in [0, 0.1) is 0 Å². The van der Waals surface area contributed by atoms with Gasteiger partial charge in [0.1, 0.15) is 0 Å². The van der Waals surface area contributed by atoms with Crippen molar-refractivity contribution in [2.24, 2.45) is 0 Å². The molecule has 0 saturated heterocycles. The minimum absolute atomic E-state index is 0.0211. The van der Waals surface area contributed by atoms with E-state index in [4.69, 9.17) is 5.11 Å². The number of carboxylic acid groups (broad SMARTS) is 1. The fourth-order valence-electron chi connectivity index (χ4n) is 1.55. The molecule has 0 fully saturated rings. The molecule has 1 rings (SSSR count). The summed E-state index contributed by atoms with van der Waals surface area (Å²) in [5.41, 5.74) is 0.911. The van der Waals surface area contributed by atoms with Crippen LogP contribution in [0.2, 0.25) is 0 Å². The number of hydrogen-bond donors (Lipinski definition) is 2. The Morgan fingerprint density at radius 3 is 2.39 bits per heavy atom. The highest BCUT2D eigenvalue weighted by Crippen LogP contribution is 2.18. The maximum absolute atomic E-state index is 11.6. The minimum Gasteiger partial charge on any atom is -0.481 e. The Morgan fingerprint density at radius 2 is 1.89 bits per heavy atom.